The molecule has 0 heterocycles. The van der Waals surface area contributed by atoms with Crippen molar-refractivity contribution in [2.24, 2.45) is 0 Å². The molecule has 1 aromatic carbocycles. The summed E-state index contributed by atoms with van der Waals surface area (Å²) < 4.78 is 10.7. The predicted molar refractivity (Wildman–Crippen MR) is 105 cm³/mol. The molecule has 1 aliphatic rings. The van der Waals surface area contributed by atoms with Gasteiger partial charge in [0.15, 0.2) is 0 Å². The third-order valence-corrected chi connectivity index (χ3v) is 5.71. The number of aryl methyl sites for hydroxylation is 1. The van der Waals surface area contributed by atoms with Crippen molar-refractivity contribution in [1.29, 1.82) is 0 Å². The molecule has 1 saturated carbocycles. The van der Waals surface area contributed by atoms with E-state index in [-0.39, 0.29) is 11.4 Å². The molecule has 1 N–H and O–H groups in total. The molecule has 1 aliphatic carbocycles. The third kappa shape index (κ3) is 5.37. The standard InChI is InChI=1S/C21H34N2O3/c1-23(2)21(13-7-5-6-8-14-21)16-22-20(24)12-9-17-15-18(25-3)10-11-19(17)26-4/h10-11,15H,5-9,12-14,16H2,1-4H3,(H,22,24). The van der Waals surface area contributed by atoms with Crippen LogP contribution in [0.15, 0.2) is 18.2 Å². The molecule has 0 spiro atoms. The fourth-order valence-electron chi connectivity index (χ4n) is 3.85. The van der Waals surface area contributed by atoms with Gasteiger partial charge in [0, 0.05) is 18.5 Å². The second-order valence-electron chi connectivity index (χ2n) is 7.49. The van der Waals surface area contributed by atoms with Crippen LogP contribution in [0.3, 0.4) is 0 Å². The average Bonchev–Trinajstić information content (AvgIpc) is 2.91. The highest BCUT2D eigenvalue weighted by Crippen LogP contribution is 2.30. The first kappa shape index (κ1) is 20.6. The van der Waals surface area contributed by atoms with Crippen molar-refractivity contribution in [3.05, 3.63) is 23.8 Å². The zero-order valence-electron chi connectivity index (χ0n) is 16.8. The van der Waals surface area contributed by atoms with Crippen molar-refractivity contribution >= 4 is 5.91 Å². The molecular weight excluding hydrogens is 328 g/mol. The van der Waals surface area contributed by atoms with Crippen molar-refractivity contribution in [2.75, 3.05) is 34.9 Å². The van der Waals surface area contributed by atoms with Crippen LogP contribution in [0.25, 0.3) is 0 Å². The molecule has 0 atom stereocenters. The molecule has 0 radical (unpaired) electrons. The van der Waals surface area contributed by atoms with Crippen molar-refractivity contribution < 1.29 is 14.3 Å². The van der Waals surface area contributed by atoms with Crippen molar-refractivity contribution in [3.63, 3.8) is 0 Å². The van der Waals surface area contributed by atoms with E-state index in [2.05, 4.69) is 24.3 Å². The molecular formula is C21H34N2O3. The van der Waals surface area contributed by atoms with Crippen LogP contribution in [-0.2, 0) is 11.2 Å². The minimum Gasteiger partial charge on any atom is -0.497 e. The summed E-state index contributed by atoms with van der Waals surface area (Å²) in [5.74, 6) is 1.68. The SMILES string of the molecule is COc1ccc(OC)c(CCC(=O)NCC2(N(C)C)CCCCCC2)c1. The van der Waals surface area contributed by atoms with Gasteiger partial charge in [-0.15, -0.1) is 0 Å². The Balaban J connectivity index is 1.92. The number of carbonyl (C=O) groups is 1. The highest BCUT2D eigenvalue weighted by molar-refractivity contribution is 5.76. The van der Waals surface area contributed by atoms with E-state index in [0.717, 1.165) is 36.4 Å². The summed E-state index contributed by atoms with van der Waals surface area (Å²) in [6, 6.07) is 5.70. The predicted octanol–water partition coefficient (Wildman–Crippen LogP) is 3.41. The minimum absolute atomic E-state index is 0.0970. The van der Waals surface area contributed by atoms with Crippen molar-refractivity contribution in [1.82, 2.24) is 10.2 Å². The fraction of sp³-hybridized carbons (Fsp3) is 0.667. The van der Waals surface area contributed by atoms with E-state index >= 15 is 0 Å². The van der Waals surface area contributed by atoms with Gasteiger partial charge in [0.1, 0.15) is 11.5 Å². The van der Waals surface area contributed by atoms with Crippen LogP contribution in [0.1, 0.15) is 50.5 Å². The average molecular weight is 363 g/mol. The summed E-state index contributed by atoms with van der Waals surface area (Å²) in [5, 5.41) is 3.19. The van der Waals surface area contributed by atoms with Gasteiger partial charge in [0.25, 0.3) is 0 Å². The molecule has 0 unspecified atom stereocenters. The third-order valence-electron chi connectivity index (χ3n) is 5.71. The number of hydrogen-bond acceptors (Lipinski definition) is 4. The van der Waals surface area contributed by atoms with E-state index in [1.54, 1.807) is 14.2 Å². The highest BCUT2D eigenvalue weighted by Gasteiger charge is 2.33. The van der Waals surface area contributed by atoms with E-state index in [1.807, 2.05) is 18.2 Å². The second-order valence-corrected chi connectivity index (χ2v) is 7.49. The van der Waals surface area contributed by atoms with Crippen LogP contribution in [-0.4, -0.2) is 51.2 Å². The molecule has 1 amide bonds. The fourth-order valence-corrected chi connectivity index (χ4v) is 3.85. The first-order valence-electron chi connectivity index (χ1n) is 9.66. The summed E-state index contributed by atoms with van der Waals surface area (Å²) in [5.41, 5.74) is 1.10. The Kier molecular flexibility index (Phi) is 7.76. The Morgan fingerprint density at radius 2 is 1.81 bits per heavy atom. The molecule has 26 heavy (non-hydrogen) atoms. The van der Waals surface area contributed by atoms with Crippen LogP contribution < -0.4 is 14.8 Å². The Morgan fingerprint density at radius 1 is 1.12 bits per heavy atom. The first-order chi connectivity index (χ1) is 12.5. The summed E-state index contributed by atoms with van der Waals surface area (Å²) in [7, 11) is 7.57. The van der Waals surface area contributed by atoms with Crippen LogP contribution in [0, 0.1) is 0 Å². The quantitative estimate of drug-likeness (QED) is 0.720. The maximum absolute atomic E-state index is 12.5. The van der Waals surface area contributed by atoms with Gasteiger partial charge in [-0.25, -0.2) is 0 Å². The molecule has 2 rings (SSSR count). The van der Waals surface area contributed by atoms with E-state index in [9.17, 15) is 4.79 Å². The number of methoxy groups -OCH3 is 2. The number of rotatable bonds is 8. The maximum atomic E-state index is 12.5. The van der Waals surface area contributed by atoms with Gasteiger partial charge in [-0.05, 0) is 57.1 Å². The molecule has 146 valence electrons. The van der Waals surface area contributed by atoms with Gasteiger partial charge < -0.3 is 19.7 Å². The van der Waals surface area contributed by atoms with Gasteiger partial charge in [0.2, 0.25) is 5.91 Å². The van der Waals surface area contributed by atoms with E-state index in [1.165, 1.54) is 25.7 Å². The molecule has 0 aliphatic heterocycles. The number of nitrogens with one attached hydrogen (secondary N) is 1. The minimum atomic E-state index is 0.0970. The summed E-state index contributed by atoms with van der Waals surface area (Å²) in [6.07, 6.45) is 8.50. The van der Waals surface area contributed by atoms with Crippen LogP contribution >= 0.6 is 0 Å². The monoisotopic (exact) mass is 362 g/mol. The van der Waals surface area contributed by atoms with Gasteiger partial charge in [-0.3, -0.25) is 4.79 Å². The summed E-state index contributed by atoms with van der Waals surface area (Å²) in [6.45, 7) is 0.730. The lowest BCUT2D eigenvalue weighted by molar-refractivity contribution is -0.121. The molecule has 5 nitrogen and oxygen atoms in total. The van der Waals surface area contributed by atoms with E-state index < -0.39 is 0 Å². The Hall–Kier alpha value is -1.75. The number of benzene rings is 1. The first-order valence-corrected chi connectivity index (χ1v) is 9.66. The molecule has 5 heteroatoms. The van der Waals surface area contributed by atoms with Crippen molar-refractivity contribution in [2.45, 2.75) is 56.9 Å². The van der Waals surface area contributed by atoms with E-state index in [4.69, 9.17) is 9.47 Å². The van der Waals surface area contributed by atoms with Gasteiger partial charge >= 0.3 is 0 Å². The lowest BCUT2D eigenvalue weighted by Crippen LogP contribution is -2.52. The smallest absolute Gasteiger partial charge is 0.220 e. The largest absolute Gasteiger partial charge is 0.497 e. The second kappa shape index (κ2) is 9.81. The Labute approximate surface area is 158 Å². The topological polar surface area (TPSA) is 50.8 Å². The summed E-state index contributed by atoms with van der Waals surface area (Å²) in [4.78, 5) is 14.8. The number of amides is 1. The lowest BCUT2D eigenvalue weighted by Gasteiger charge is -2.39. The molecule has 0 bridgehead atoms. The molecule has 1 fully saturated rings. The summed E-state index contributed by atoms with van der Waals surface area (Å²) >= 11 is 0. The molecule has 0 saturated heterocycles. The Bertz CT molecular complexity index is 579. The van der Waals surface area contributed by atoms with Gasteiger partial charge in [0.05, 0.1) is 14.2 Å². The molecule has 0 aromatic heterocycles. The number of hydrogen-bond donors (Lipinski definition) is 1. The van der Waals surface area contributed by atoms with E-state index in [0.29, 0.717) is 12.8 Å². The lowest BCUT2D eigenvalue weighted by atomic mass is 9.88. The maximum Gasteiger partial charge on any atom is 0.220 e. The normalized spacial score (nSPS) is 16.8. The van der Waals surface area contributed by atoms with Crippen molar-refractivity contribution in [3.8, 4) is 11.5 Å². The van der Waals surface area contributed by atoms with Gasteiger partial charge in [-0.2, -0.15) is 0 Å². The van der Waals surface area contributed by atoms with Gasteiger partial charge in [-0.1, -0.05) is 25.7 Å². The number of carbonyl (C=O) groups excluding carboxylic acids is 1. The van der Waals surface area contributed by atoms with Crippen LogP contribution in [0.5, 0.6) is 11.5 Å². The zero-order chi connectivity index (χ0) is 19.0. The molecule has 1 aromatic rings. The highest BCUT2D eigenvalue weighted by atomic mass is 16.5. The van der Waals surface area contributed by atoms with Crippen LogP contribution in [0.4, 0.5) is 0 Å². The number of ether oxygens (including phenoxy) is 2. The zero-order valence-corrected chi connectivity index (χ0v) is 16.8. The number of likely N-dealkylation sites (N-methyl/N-ethyl adjacent to an activating group) is 1. The Morgan fingerprint density at radius 3 is 2.38 bits per heavy atom. The number of nitrogens with zero attached hydrogens (tertiary/aromatic N) is 1. The van der Waals surface area contributed by atoms with Crippen LogP contribution in [0.2, 0.25) is 0 Å².